The molecule has 1 aliphatic carbocycles. The average molecular weight is 925 g/mol. The normalized spacial score (nSPS) is 27.7. The van der Waals surface area contributed by atoms with Crippen molar-refractivity contribution in [3.05, 3.63) is 71.8 Å². The van der Waals surface area contributed by atoms with Crippen molar-refractivity contribution in [2.24, 2.45) is 17.2 Å². The Morgan fingerprint density at radius 3 is 1.73 bits per heavy atom. The van der Waals surface area contributed by atoms with Gasteiger partial charge in [-0.25, -0.2) is 22.7 Å². The van der Waals surface area contributed by atoms with Crippen LogP contribution in [-0.4, -0.2) is 150 Å². The van der Waals surface area contributed by atoms with E-state index >= 15 is 0 Å². The van der Waals surface area contributed by atoms with Crippen LogP contribution in [0.4, 0.5) is 0 Å². The van der Waals surface area contributed by atoms with E-state index in [1.165, 1.54) is 38.3 Å². The summed E-state index contributed by atoms with van der Waals surface area (Å²) in [6, 6.07) is 11.2. The molecule has 2 aromatic carbocycles. The van der Waals surface area contributed by atoms with E-state index in [-0.39, 0.29) is 24.1 Å². The molecule has 7 N–H and O–H groups in total. The maximum atomic E-state index is 13.9. The van der Waals surface area contributed by atoms with E-state index < -0.39 is 131 Å². The number of carbonyl (C=O) groups excluding carboxylic acids is 6. The lowest BCUT2D eigenvalue weighted by molar-refractivity contribution is -0.319. The SMILES string of the molecule is COC(CN)C(OC(=O)c1ccccc1)C(OC(=O)c1ccccc1)OC1C(OC2OC([C@@H](C)OC(C)=O)C(OC(C)=O)C(OC(C)=O)C2N)C(N)CC(NS(C)(=O)=O)C1OC(C)=O. The number of nitrogens with two attached hydrogens (primary N) is 3. The van der Waals surface area contributed by atoms with E-state index in [1.54, 1.807) is 36.4 Å². The lowest BCUT2D eigenvalue weighted by Gasteiger charge is -2.50. The van der Waals surface area contributed by atoms with Crippen LogP contribution in [0, 0.1) is 0 Å². The number of hydrogen-bond acceptors (Lipinski definition) is 21. The number of nitrogens with one attached hydrogen (secondary N) is 1. The van der Waals surface area contributed by atoms with Crippen LogP contribution in [0.5, 0.6) is 0 Å². The second kappa shape index (κ2) is 23.2. The van der Waals surface area contributed by atoms with E-state index in [1.807, 2.05) is 0 Å². The Balaban J connectivity index is 1.92. The molecule has 1 saturated heterocycles. The maximum absolute atomic E-state index is 13.9. The third kappa shape index (κ3) is 14.2. The topological polar surface area (TPSA) is 319 Å². The molecule has 14 atom stereocenters. The van der Waals surface area contributed by atoms with Gasteiger partial charge in [0.15, 0.2) is 24.6 Å². The first-order valence-corrected chi connectivity index (χ1v) is 21.9. The zero-order valence-corrected chi connectivity index (χ0v) is 37.1. The smallest absolute Gasteiger partial charge is 0.340 e. The fourth-order valence-electron chi connectivity index (χ4n) is 7.33. The van der Waals surface area contributed by atoms with E-state index in [0.29, 0.717) is 0 Å². The summed E-state index contributed by atoms with van der Waals surface area (Å²) >= 11 is 0. The molecule has 0 bridgehead atoms. The molecule has 64 heavy (non-hydrogen) atoms. The van der Waals surface area contributed by atoms with Crippen LogP contribution in [0.25, 0.3) is 0 Å². The van der Waals surface area contributed by atoms with Gasteiger partial charge in [-0.05, 0) is 37.6 Å². The first kappa shape index (κ1) is 51.5. The third-order valence-electron chi connectivity index (χ3n) is 9.95. The highest BCUT2D eigenvalue weighted by molar-refractivity contribution is 7.88. The molecule has 354 valence electrons. The highest BCUT2D eigenvalue weighted by atomic mass is 32.2. The molecule has 0 spiro atoms. The molecule has 4 rings (SSSR count). The summed E-state index contributed by atoms with van der Waals surface area (Å²) in [5, 5.41) is 0. The number of esters is 6. The summed E-state index contributed by atoms with van der Waals surface area (Å²) in [6.45, 7) is 5.35. The predicted octanol–water partition coefficient (Wildman–Crippen LogP) is -0.413. The molecule has 1 heterocycles. The van der Waals surface area contributed by atoms with Gasteiger partial charge in [-0.15, -0.1) is 0 Å². The van der Waals surface area contributed by atoms with Gasteiger partial charge in [0.1, 0.15) is 36.6 Å². The van der Waals surface area contributed by atoms with Crippen molar-refractivity contribution in [2.75, 3.05) is 19.9 Å². The van der Waals surface area contributed by atoms with Gasteiger partial charge in [-0.3, -0.25) is 19.2 Å². The van der Waals surface area contributed by atoms with E-state index in [2.05, 4.69) is 4.72 Å². The van der Waals surface area contributed by atoms with Gasteiger partial charge in [-0.2, -0.15) is 0 Å². The highest BCUT2D eigenvalue weighted by Gasteiger charge is 2.56. The van der Waals surface area contributed by atoms with Gasteiger partial charge < -0.3 is 64.6 Å². The van der Waals surface area contributed by atoms with Crippen molar-refractivity contribution in [3.8, 4) is 0 Å². The van der Waals surface area contributed by atoms with Crippen molar-refractivity contribution < 1.29 is 84.6 Å². The van der Waals surface area contributed by atoms with Gasteiger partial charge in [0, 0.05) is 47.4 Å². The zero-order chi connectivity index (χ0) is 47.5. The first-order valence-electron chi connectivity index (χ1n) is 20.0. The predicted molar refractivity (Wildman–Crippen MR) is 220 cm³/mol. The van der Waals surface area contributed by atoms with Gasteiger partial charge in [0.25, 0.3) is 0 Å². The number of methoxy groups -OCH3 is 1. The van der Waals surface area contributed by atoms with Crippen LogP contribution in [0.2, 0.25) is 0 Å². The minimum atomic E-state index is -4.08. The van der Waals surface area contributed by atoms with E-state index in [0.717, 1.165) is 34.0 Å². The number of sulfonamides is 1. The summed E-state index contributed by atoms with van der Waals surface area (Å²) in [7, 11) is -2.84. The summed E-state index contributed by atoms with van der Waals surface area (Å²) in [4.78, 5) is 77.4. The van der Waals surface area contributed by atoms with E-state index in [4.69, 9.17) is 64.6 Å². The number of hydrogen-bond donors (Lipinski definition) is 4. The summed E-state index contributed by atoms with van der Waals surface area (Å²) in [6.07, 6.45) is -16.9. The molecule has 0 radical (unpaired) electrons. The Kier molecular flexibility index (Phi) is 18.7. The molecular formula is C41H56N4O18S. The summed E-state index contributed by atoms with van der Waals surface area (Å²) in [5.74, 6) is -5.32. The molecule has 23 heteroatoms. The van der Waals surface area contributed by atoms with Crippen molar-refractivity contribution in [2.45, 2.75) is 127 Å². The molecule has 0 aromatic heterocycles. The van der Waals surface area contributed by atoms with Gasteiger partial charge >= 0.3 is 35.8 Å². The second-order valence-electron chi connectivity index (χ2n) is 15.1. The van der Waals surface area contributed by atoms with Crippen LogP contribution < -0.4 is 21.9 Å². The fraction of sp³-hybridized carbons (Fsp3) is 0.561. The average Bonchev–Trinajstić information content (AvgIpc) is 3.21. The summed E-state index contributed by atoms with van der Waals surface area (Å²) in [5.41, 5.74) is 19.6. The van der Waals surface area contributed by atoms with Crippen molar-refractivity contribution in [3.63, 3.8) is 0 Å². The number of benzene rings is 2. The Labute approximate surface area is 369 Å². The van der Waals surface area contributed by atoms with Crippen LogP contribution in [-0.2, 0) is 76.6 Å². The Morgan fingerprint density at radius 2 is 1.25 bits per heavy atom. The standard InChI is InChI=1S/C41H56N4O18S/c1-20(55-21(2)46)31-36(58-24(5)49)35(57-23(4)48)30(44)40(60-31)61-32-27(43)18-28(45-64(7,52)53)33(56-22(3)47)37(32)62-41(63-39(51)26-16-12-9-13-17-26)34(29(19-42)54-6)59-38(50)25-14-10-8-11-15-25/h8-17,20,27-37,40-41,45H,18-19,42-44H2,1-7H3/t20-,27?,28?,29?,30?,31?,32?,33?,34?,35?,36?,37?,40?,41?/m1/s1. The Bertz CT molecular complexity index is 2030. The summed E-state index contributed by atoms with van der Waals surface area (Å²) < 4.78 is 86.9. The highest BCUT2D eigenvalue weighted by Crippen LogP contribution is 2.35. The molecule has 0 amide bonds. The fourth-order valence-corrected chi connectivity index (χ4v) is 8.11. The van der Waals surface area contributed by atoms with Gasteiger partial charge in [-0.1, -0.05) is 36.4 Å². The molecule has 1 aliphatic heterocycles. The van der Waals surface area contributed by atoms with Crippen LogP contribution in [0.1, 0.15) is 61.8 Å². The quantitative estimate of drug-likeness (QED) is 0.0790. The van der Waals surface area contributed by atoms with Crippen molar-refractivity contribution in [1.29, 1.82) is 0 Å². The molecular weight excluding hydrogens is 869 g/mol. The molecule has 1 saturated carbocycles. The largest absolute Gasteiger partial charge is 0.460 e. The van der Waals surface area contributed by atoms with Crippen molar-refractivity contribution >= 4 is 45.8 Å². The molecule has 2 aromatic rings. The Morgan fingerprint density at radius 1 is 0.734 bits per heavy atom. The zero-order valence-electron chi connectivity index (χ0n) is 36.3. The molecule has 2 aliphatic rings. The monoisotopic (exact) mass is 924 g/mol. The number of rotatable bonds is 19. The number of carbonyl (C=O) groups is 6. The van der Waals surface area contributed by atoms with Crippen molar-refractivity contribution in [1.82, 2.24) is 4.72 Å². The molecule has 22 nitrogen and oxygen atoms in total. The number of ether oxygens (including phenoxy) is 10. The van der Waals surface area contributed by atoms with E-state index in [9.17, 15) is 37.2 Å². The van der Waals surface area contributed by atoms with Crippen LogP contribution in [0.15, 0.2) is 60.7 Å². The lowest BCUT2D eigenvalue weighted by atomic mass is 9.84. The van der Waals surface area contributed by atoms with Crippen LogP contribution >= 0.6 is 0 Å². The van der Waals surface area contributed by atoms with Crippen LogP contribution in [0.3, 0.4) is 0 Å². The second-order valence-corrected chi connectivity index (χ2v) is 16.8. The third-order valence-corrected chi connectivity index (χ3v) is 10.7. The first-order chi connectivity index (χ1) is 30.1. The maximum Gasteiger partial charge on any atom is 0.340 e. The molecule has 13 unspecified atom stereocenters. The Hall–Kier alpha value is -5.11. The minimum absolute atomic E-state index is 0.0145. The lowest BCUT2D eigenvalue weighted by Crippen LogP contribution is -2.70. The minimum Gasteiger partial charge on any atom is -0.460 e. The molecule has 2 fully saturated rings. The van der Waals surface area contributed by atoms with Gasteiger partial charge in [0.05, 0.1) is 29.5 Å². The van der Waals surface area contributed by atoms with Gasteiger partial charge in [0.2, 0.25) is 16.3 Å².